The highest BCUT2D eigenvalue weighted by Gasteiger charge is 2.17. The third-order valence-corrected chi connectivity index (χ3v) is 5.84. The number of halogens is 1. The van der Waals surface area contributed by atoms with Crippen molar-refractivity contribution in [3.8, 4) is 11.3 Å². The monoisotopic (exact) mass is 410 g/mol. The predicted molar refractivity (Wildman–Crippen MR) is 117 cm³/mol. The van der Waals surface area contributed by atoms with E-state index in [2.05, 4.69) is 15.4 Å². The Hall–Kier alpha value is -2.93. The van der Waals surface area contributed by atoms with Gasteiger partial charge in [0.15, 0.2) is 11.5 Å². The number of hydrogen-bond acceptors (Lipinski definition) is 4. The van der Waals surface area contributed by atoms with E-state index in [0.29, 0.717) is 27.6 Å². The lowest BCUT2D eigenvalue weighted by Gasteiger charge is -2.12. The van der Waals surface area contributed by atoms with Crippen LogP contribution < -0.4 is 5.32 Å². The number of fused-ring (bicyclic) bond motifs is 1. The third-order valence-electron chi connectivity index (χ3n) is 4.55. The highest BCUT2D eigenvalue weighted by atomic mass is 32.2. The molecule has 3 rings (SSSR count). The van der Waals surface area contributed by atoms with Crippen LogP contribution in [0.1, 0.15) is 34.1 Å². The first-order valence-electron chi connectivity index (χ1n) is 9.36. The maximum absolute atomic E-state index is 14.2. The van der Waals surface area contributed by atoms with Gasteiger partial charge in [-0.25, -0.2) is 9.37 Å². The first-order chi connectivity index (χ1) is 13.9. The van der Waals surface area contributed by atoms with Gasteiger partial charge < -0.3 is 5.32 Å². The van der Waals surface area contributed by atoms with Gasteiger partial charge in [0.25, 0.3) is 5.91 Å². The summed E-state index contributed by atoms with van der Waals surface area (Å²) in [6.07, 6.45) is 4.30. The summed E-state index contributed by atoms with van der Waals surface area (Å²) in [6, 6.07) is 9.91. The van der Waals surface area contributed by atoms with Crippen molar-refractivity contribution in [2.24, 2.45) is 0 Å². The number of rotatable bonds is 6. The molecule has 0 aliphatic heterocycles. The van der Waals surface area contributed by atoms with Crippen LogP contribution in [0.5, 0.6) is 0 Å². The zero-order valence-electron chi connectivity index (χ0n) is 16.9. The molecule has 0 atom stereocenters. The molecule has 0 unspecified atom stereocenters. The summed E-state index contributed by atoms with van der Waals surface area (Å²) < 4.78 is 15.7. The van der Waals surface area contributed by atoms with Gasteiger partial charge >= 0.3 is 0 Å². The molecule has 0 fully saturated rings. The second kappa shape index (κ2) is 9.05. The van der Waals surface area contributed by atoms with E-state index in [-0.39, 0.29) is 11.7 Å². The van der Waals surface area contributed by atoms with Gasteiger partial charge in [-0.3, -0.25) is 4.79 Å². The second-order valence-electron chi connectivity index (χ2n) is 6.53. The zero-order chi connectivity index (χ0) is 21.0. The number of nitrogens with zero attached hydrogens (tertiary/aromatic N) is 3. The van der Waals surface area contributed by atoms with E-state index >= 15 is 0 Å². The molecule has 0 bridgehead atoms. The fourth-order valence-electron chi connectivity index (χ4n) is 2.65. The molecule has 1 aromatic carbocycles. The molecule has 1 N–H and O–H groups in total. The maximum atomic E-state index is 14.2. The lowest BCUT2D eigenvalue weighted by atomic mass is 10.1. The lowest BCUT2D eigenvalue weighted by Crippen LogP contribution is -2.16. The number of carbonyl (C=O) groups is 1. The summed E-state index contributed by atoms with van der Waals surface area (Å²) in [5, 5.41) is 7.39. The minimum atomic E-state index is -0.355. The Morgan fingerprint density at radius 2 is 2.00 bits per heavy atom. The molecule has 150 valence electrons. The van der Waals surface area contributed by atoms with Crippen LogP contribution in [0, 0.1) is 5.82 Å². The van der Waals surface area contributed by atoms with Gasteiger partial charge in [0.1, 0.15) is 5.82 Å². The number of hydrogen-bond donors (Lipinski definition) is 1. The van der Waals surface area contributed by atoms with Crippen molar-refractivity contribution >= 4 is 29.1 Å². The van der Waals surface area contributed by atoms with Crippen molar-refractivity contribution in [1.82, 2.24) is 14.6 Å². The van der Waals surface area contributed by atoms with Gasteiger partial charge in [0, 0.05) is 5.56 Å². The number of amides is 1. The predicted octanol–water partition coefficient (Wildman–Crippen LogP) is 5.81. The molecule has 0 spiro atoms. The molecule has 29 heavy (non-hydrogen) atoms. The van der Waals surface area contributed by atoms with E-state index < -0.39 is 0 Å². The van der Waals surface area contributed by atoms with Crippen molar-refractivity contribution in [2.45, 2.75) is 34.1 Å². The summed E-state index contributed by atoms with van der Waals surface area (Å²) in [6.45, 7) is 7.88. The second-order valence-corrected chi connectivity index (χ2v) is 7.79. The molecular weight excluding hydrogens is 387 g/mol. The van der Waals surface area contributed by atoms with Crippen molar-refractivity contribution in [1.29, 1.82) is 0 Å². The van der Waals surface area contributed by atoms with Gasteiger partial charge in [0.05, 0.1) is 16.8 Å². The van der Waals surface area contributed by atoms with Crippen molar-refractivity contribution in [3.05, 3.63) is 69.9 Å². The van der Waals surface area contributed by atoms with Crippen LogP contribution in [-0.4, -0.2) is 20.5 Å². The zero-order valence-corrected chi connectivity index (χ0v) is 17.7. The SMILES string of the molecule is CC=C(C)SC(C(=O)Nc1cnc2ccc(-c3ccccc3F)nn12)=C(C)CC. The van der Waals surface area contributed by atoms with E-state index in [1.54, 1.807) is 36.5 Å². The topological polar surface area (TPSA) is 59.3 Å². The lowest BCUT2D eigenvalue weighted by molar-refractivity contribution is -0.112. The maximum Gasteiger partial charge on any atom is 0.263 e. The Balaban J connectivity index is 1.97. The van der Waals surface area contributed by atoms with Gasteiger partial charge in [-0.05, 0) is 56.4 Å². The molecule has 2 aromatic heterocycles. The van der Waals surface area contributed by atoms with Gasteiger partial charge in [-0.2, -0.15) is 9.61 Å². The van der Waals surface area contributed by atoms with Crippen LogP contribution in [0.3, 0.4) is 0 Å². The average Bonchev–Trinajstić information content (AvgIpc) is 3.13. The van der Waals surface area contributed by atoms with Crippen LogP contribution in [0.2, 0.25) is 0 Å². The normalized spacial score (nSPS) is 12.8. The fourth-order valence-corrected chi connectivity index (χ4v) is 3.55. The van der Waals surface area contributed by atoms with Crippen LogP contribution in [-0.2, 0) is 4.79 Å². The highest BCUT2D eigenvalue weighted by Crippen LogP contribution is 2.30. The molecule has 7 heteroatoms. The minimum absolute atomic E-state index is 0.213. The fraction of sp³-hybridized carbons (Fsp3) is 0.227. The quantitative estimate of drug-likeness (QED) is 0.521. The molecule has 0 aliphatic rings. The molecule has 0 aliphatic carbocycles. The molecule has 0 saturated carbocycles. The Morgan fingerprint density at radius 3 is 2.69 bits per heavy atom. The molecule has 1 amide bonds. The van der Waals surface area contributed by atoms with Crippen LogP contribution in [0.15, 0.2) is 64.1 Å². The Morgan fingerprint density at radius 1 is 1.24 bits per heavy atom. The standard InChI is InChI=1S/C22H23FN4OS/c1-5-14(3)21(29-15(4)6-2)22(28)25-20-13-24-19-12-11-18(26-27(19)20)16-9-7-8-10-17(16)23/h6-13H,5H2,1-4H3,(H,25,28). The summed E-state index contributed by atoms with van der Waals surface area (Å²) in [5.74, 6) is -0.133. The Kier molecular flexibility index (Phi) is 6.49. The van der Waals surface area contributed by atoms with Crippen molar-refractivity contribution in [3.63, 3.8) is 0 Å². The molecule has 5 nitrogen and oxygen atoms in total. The first-order valence-corrected chi connectivity index (χ1v) is 10.2. The number of benzene rings is 1. The number of carbonyl (C=O) groups excluding carboxylic acids is 1. The van der Waals surface area contributed by atoms with Crippen LogP contribution in [0.4, 0.5) is 10.2 Å². The highest BCUT2D eigenvalue weighted by molar-refractivity contribution is 8.07. The number of imidazole rings is 1. The van der Waals surface area contributed by atoms with Crippen LogP contribution in [0.25, 0.3) is 16.9 Å². The van der Waals surface area contributed by atoms with Gasteiger partial charge in [0.2, 0.25) is 0 Å². The first kappa shape index (κ1) is 20.8. The molecule has 0 saturated heterocycles. The molecule has 0 radical (unpaired) electrons. The van der Waals surface area contributed by atoms with Gasteiger partial charge in [-0.15, -0.1) is 0 Å². The van der Waals surface area contributed by atoms with Crippen molar-refractivity contribution in [2.75, 3.05) is 5.32 Å². The molecule has 3 aromatic rings. The van der Waals surface area contributed by atoms with Gasteiger partial charge in [-0.1, -0.05) is 42.5 Å². The number of nitrogens with one attached hydrogen (secondary N) is 1. The largest absolute Gasteiger partial charge is 0.305 e. The molecular formula is C22H23FN4OS. The van der Waals surface area contributed by atoms with E-state index in [9.17, 15) is 9.18 Å². The van der Waals surface area contributed by atoms with E-state index in [0.717, 1.165) is 16.9 Å². The average molecular weight is 411 g/mol. The number of aromatic nitrogens is 3. The Bertz CT molecular complexity index is 1120. The van der Waals surface area contributed by atoms with E-state index in [1.807, 2.05) is 33.8 Å². The van der Waals surface area contributed by atoms with Crippen LogP contribution >= 0.6 is 11.8 Å². The number of thioether (sulfide) groups is 1. The van der Waals surface area contributed by atoms with Crippen molar-refractivity contribution < 1.29 is 9.18 Å². The van der Waals surface area contributed by atoms with E-state index in [4.69, 9.17) is 0 Å². The summed E-state index contributed by atoms with van der Waals surface area (Å²) >= 11 is 1.44. The number of allylic oxidation sites excluding steroid dienone is 3. The third kappa shape index (κ3) is 4.56. The van der Waals surface area contributed by atoms with E-state index in [1.165, 1.54) is 22.3 Å². The smallest absolute Gasteiger partial charge is 0.263 e. The summed E-state index contributed by atoms with van der Waals surface area (Å²) in [4.78, 5) is 19.0. The number of anilines is 1. The summed E-state index contributed by atoms with van der Waals surface area (Å²) in [5.41, 5.74) is 2.42. The minimum Gasteiger partial charge on any atom is -0.305 e. The molecule has 2 heterocycles. The summed E-state index contributed by atoms with van der Waals surface area (Å²) in [7, 11) is 0. The Labute approximate surface area is 173 Å².